The summed E-state index contributed by atoms with van der Waals surface area (Å²) in [6, 6.07) is 14.1. The molecular formula is C48H70ClFN2O4. The summed E-state index contributed by atoms with van der Waals surface area (Å²) in [4.78, 5) is 15.8. The van der Waals surface area contributed by atoms with Crippen molar-refractivity contribution in [3.05, 3.63) is 99.5 Å². The Labute approximate surface area is 343 Å². The van der Waals surface area contributed by atoms with Gasteiger partial charge in [0.25, 0.3) is 0 Å². The number of carbonyl (C=O) groups excluding carboxylic acids is 1. The molecular weight excluding hydrogens is 723 g/mol. The van der Waals surface area contributed by atoms with Crippen LogP contribution in [0, 0.1) is 18.7 Å². The normalized spacial score (nSPS) is 15.0. The molecule has 6 nitrogen and oxygen atoms in total. The van der Waals surface area contributed by atoms with Gasteiger partial charge >= 0.3 is 5.97 Å². The monoisotopic (exact) mass is 793 g/mol. The highest BCUT2D eigenvalue weighted by Crippen LogP contribution is 2.39. The molecule has 56 heavy (non-hydrogen) atoms. The van der Waals surface area contributed by atoms with E-state index in [0.29, 0.717) is 41.9 Å². The Hall–Kier alpha value is -3.65. The van der Waals surface area contributed by atoms with Gasteiger partial charge in [-0.3, -0.25) is 0 Å². The maximum absolute atomic E-state index is 13.7. The quantitative estimate of drug-likeness (QED) is 0.0759. The van der Waals surface area contributed by atoms with Gasteiger partial charge < -0.3 is 24.4 Å². The van der Waals surface area contributed by atoms with Gasteiger partial charge in [-0.15, -0.1) is 0 Å². The van der Waals surface area contributed by atoms with E-state index in [9.17, 15) is 9.18 Å². The average molecular weight is 794 g/mol. The first-order valence-electron chi connectivity index (χ1n) is 20.4. The van der Waals surface area contributed by atoms with Crippen LogP contribution >= 0.6 is 11.6 Å². The maximum atomic E-state index is 13.7. The van der Waals surface area contributed by atoms with Crippen molar-refractivity contribution in [2.75, 3.05) is 40.4 Å². The minimum atomic E-state index is -0.625. The highest BCUT2D eigenvalue weighted by Gasteiger charge is 2.25. The van der Waals surface area contributed by atoms with Crippen molar-refractivity contribution in [1.82, 2.24) is 10.2 Å². The zero-order valence-corrected chi connectivity index (χ0v) is 37.4. The fourth-order valence-electron chi connectivity index (χ4n) is 7.10. The molecule has 0 aromatic heterocycles. The van der Waals surface area contributed by atoms with Crippen molar-refractivity contribution in [2.24, 2.45) is 5.92 Å². The number of esters is 1. The highest BCUT2D eigenvalue weighted by atomic mass is 35.5. The molecule has 0 radical (unpaired) electrons. The molecule has 1 fully saturated rings. The smallest absolute Gasteiger partial charge is 0.334 e. The van der Waals surface area contributed by atoms with Gasteiger partial charge in [0.1, 0.15) is 17.2 Å². The van der Waals surface area contributed by atoms with Crippen molar-refractivity contribution < 1.29 is 23.4 Å². The first-order chi connectivity index (χ1) is 26.5. The molecule has 1 heterocycles. The van der Waals surface area contributed by atoms with Gasteiger partial charge in [-0.05, 0) is 171 Å². The molecule has 3 aromatic rings. The SMILES string of the molecule is C=C(C)/C(=C(/C)NC)c1c(Cl)ccc(/C(CCCOc2cccc3cc(F)ccc23)=C(\C)C(=O)OC(C)(C)C)c1C.CC.CCCN1CCC(C(C)OC)CC1. The summed E-state index contributed by atoms with van der Waals surface area (Å²) in [7, 11) is 3.69. The summed E-state index contributed by atoms with van der Waals surface area (Å²) in [6.45, 7) is 30.2. The zero-order chi connectivity index (χ0) is 42.2. The number of allylic oxidation sites excluding steroid dienone is 4. The first kappa shape index (κ1) is 48.5. The van der Waals surface area contributed by atoms with E-state index in [-0.39, 0.29) is 11.8 Å². The first-order valence-corrected chi connectivity index (χ1v) is 20.7. The molecule has 1 atom stereocenters. The van der Waals surface area contributed by atoms with Crippen LogP contribution in [-0.2, 0) is 14.3 Å². The Morgan fingerprint density at radius 1 is 1.07 bits per heavy atom. The van der Waals surface area contributed by atoms with Crippen LogP contribution in [0.5, 0.6) is 5.75 Å². The van der Waals surface area contributed by atoms with Gasteiger partial charge in [0.05, 0.1) is 12.7 Å². The molecule has 4 rings (SSSR count). The van der Waals surface area contributed by atoms with Crippen LogP contribution in [0.2, 0.25) is 5.02 Å². The third kappa shape index (κ3) is 14.1. The predicted octanol–water partition coefficient (Wildman–Crippen LogP) is 12.6. The summed E-state index contributed by atoms with van der Waals surface area (Å²) < 4.78 is 31.0. The van der Waals surface area contributed by atoms with Crippen LogP contribution in [0.15, 0.2) is 72.0 Å². The van der Waals surface area contributed by atoms with E-state index in [1.807, 2.05) is 107 Å². The summed E-state index contributed by atoms with van der Waals surface area (Å²) in [5.74, 6) is 0.843. The number of nitrogens with one attached hydrogen (secondary N) is 1. The van der Waals surface area contributed by atoms with Gasteiger partial charge in [-0.2, -0.15) is 0 Å². The van der Waals surface area contributed by atoms with Gasteiger partial charge in [0.15, 0.2) is 0 Å². The van der Waals surface area contributed by atoms with Crippen LogP contribution in [0.25, 0.3) is 21.9 Å². The number of ether oxygens (including phenoxy) is 3. The summed E-state index contributed by atoms with van der Waals surface area (Å²) in [5.41, 5.74) is 6.36. The van der Waals surface area contributed by atoms with Crippen LogP contribution in [0.3, 0.4) is 0 Å². The number of hydrogen-bond donors (Lipinski definition) is 1. The van der Waals surface area contributed by atoms with E-state index in [2.05, 4.69) is 30.6 Å². The number of methoxy groups -OCH3 is 1. The Morgan fingerprint density at radius 2 is 1.73 bits per heavy atom. The Bertz CT molecular complexity index is 1800. The van der Waals surface area contributed by atoms with Gasteiger partial charge in [0.2, 0.25) is 0 Å². The Balaban J connectivity index is 0.000000606. The lowest BCUT2D eigenvalue weighted by Gasteiger charge is -2.34. The molecule has 0 saturated carbocycles. The second-order valence-electron chi connectivity index (χ2n) is 15.4. The van der Waals surface area contributed by atoms with Gasteiger partial charge in [0, 0.05) is 47.0 Å². The number of halogens is 2. The standard InChI is InChI=1S/C35H41ClFNO3.C11H23NO.C2H6/c1-21(2)32(24(5)38-9)33-22(3)28(17-18-30(33)36)27(23(4)34(39)41-35(6,7)8)13-11-19-40-31-14-10-12-25-20-26(37)15-16-29(25)31;1-4-7-12-8-5-11(6-9-12)10(2)13-3;1-2/h10,12,14-18,20,38H,1,11,13,19H2,2-9H3;10-11H,4-9H2,1-3H3;1-2H3/b27-23+,32-24+;;. The number of fused-ring (bicyclic) bond motifs is 1. The van der Waals surface area contributed by atoms with E-state index in [1.54, 1.807) is 6.07 Å². The highest BCUT2D eigenvalue weighted by molar-refractivity contribution is 6.33. The van der Waals surface area contributed by atoms with Crippen LogP contribution in [0.1, 0.15) is 118 Å². The van der Waals surface area contributed by atoms with Crippen molar-refractivity contribution in [3.63, 3.8) is 0 Å². The molecule has 1 aliphatic heterocycles. The maximum Gasteiger partial charge on any atom is 0.334 e. The van der Waals surface area contributed by atoms with E-state index < -0.39 is 5.60 Å². The molecule has 1 saturated heterocycles. The number of rotatable bonds is 14. The lowest BCUT2D eigenvalue weighted by molar-refractivity contribution is -0.149. The molecule has 3 aromatic carbocycles. The molecule has 8 heteroatoms. The lowest BCUT2D eigenvalue weighted by Crippen LogP contribution is -2.37. The molecule has 1 aliphatic rings. The Kier molecular flexibility index (Phi) is 20.4. The van der Waals surface area contributed by atoms with Crippen molar-refractivity contribution in [1.29, 1.82) is 0 Å². The number of carbonyl (C=O) groups is 1. The van der Waals surface area contributed by atoms with Gasteiger partial charge in [-0.1, -0.05) is 57.2 Å². The number of piperidine rings is 1. The minimum absolute atomic E-state index is 0.283. The second kappa shape index (κ2) is 23.5. The third-order valence-corrected chi connectivity index (χ3v) is 10.5. The third-order valence-electron chi connectivity index (χ3n) is 10.2. The Morgan fingerprint density at radius 3 is 2.30 bits per heavy atom. The molecule has 1 N–H and O–H groups in total. The van der Waals surface area contributed by atoms with Crippen LogP contribution in [0.4, 0.5) is 4.39 Å². The van der Waals surface area contributed by atoms with E-state index in [4.69, 9.17) is 25.8 Å². The number of likely N-dealkylation sites (tertiary alicyclic amines) is 1. The van der Waals surface area contributed by atoms with Crippen LogP contribution < -0.4 is 10.1 Å². The molecule has 0 aliphatic carbocycles. The largest absolute Gasteiger partial charge is 0.493 e. The fourth-order valence-corrected chi connectivity index (χ4v) is 7.40. The summed E-state index contributed by atoms with van der Waals surface area (Å²) >= 11 is 6.77. The second-order valence-corrected chi connectivity index (χ2v) is 15.8. The number of hydrogen-bond acceptors (Lipinski definition) is 6. The molecule has 0 bridgehead atoms. The average Bonchev–Trinajstić information content (AvgIpc) is 3.16. The lowest BCUT2D eigenvalue weighted by atomic mass is 9.86. The number of benzene rings is 3. The summed E-state index contributed by atoms with van der Waals surface area (Å²) in [6.07, 6.45) is 5.57. The molecule has 1 unspecified atom stereocenters. The zero-order valence-electron chi connectivity index (χ0n) is 36.7. The minimum Gasteiger partial charge on any atom is -0.493 e. The van der Waals surface area contributed by atoms with E-state index in [0.717, 1.165) is 55.8 Å². The van der Waals surface area contributed by atoms with Crippen molar-refractivity contribution in [3.8, 4) is 5.75 Å². The van der Waals surface area contributed by atoms with Gasteiger partial charge in [-0.25, -0.2) is 9.18 Å². The van der Waals surface area contributed by atoms with Crippen LogP contribution in [-0.4, -0.2) is 63.0 Å². The fraction of sp³-hybridized carbons (Fsp3) is 0.521. The van der Waals surface area contributed by atoms with Crippen molar-refractivity contribution >= 4 is 39.5 Å². The molecule has 310 valence electrons. The molecule has 0 spiro atoms. The number of nitrogens with zero attached hydrogens (tertiary/aromatic N) is 1. The molecule has 0 amide bonds. The van der Waals surface area contributed by atoms with Crippen molar-refractivity contribution in [2.45, 2.75) is 120 Å². The summed E-state index contributed by atoms with van der Waals surface area (Å²) in [5, 5.41) is 5.48. The van der Waals surface area contributed by atoms with E-state index in [1.165, 1.54) is 51.0 Å². The topological polar surface area (TPSA) is 60.0 Å². The predicted molar refractivity (Wildman–Crippen MR) is 237 cm³/mol. The van der Waals surface area contributed by atoms with E-state index >= 15 is 0 Å².